The predicted octanol–water partition coefficient (Wildman–Crippen LogP) is -0.425. The highest BCUT2D eigenvalue weighted by Gasteiger charge is 2.12. The van der Waals surface area contributed by atoms with Crippen LogP contribution < -0.4 is 21.9 Å². The molecule has 2 rings (SSSR count). The third-order valence-corrected chi connectivity index (χ3v) is 4.13. The highest BCUT2D eigenvalue weighted by atomic mass is 32.2. The number of thiazole rings is 1. The highest BCUT2D eigenvalue weighted by Crippen LogP contribution is 2.27. The third kappa shape index (κ3) is 4.45. The van der Waals surface area contributed by atoms with Crippen LogP contribution in [0.3, 0.4) is 0 Å². The molecule has 122 valence electrons. The number of nitrogens with one attached hydrogen (secondary N) is 1. The van der Waals surface area contributed by atoms with Crippen molar-refractivity contribution < 1.29 is 8.42 Å². The Balaban J connectivity index is 2.48. The summed E-state index contributed by atoms with van der Waals surface area (Å²) < 4.78 is 28.4. The lowest BCUT2D eigenvalue weighted by atomic mass is 10.1. The van der Waals surface area contributed by atoms with Gasteiger partial charge in [0.25, 0.3) is 0 Å². The van der Waals surface area contributed by atoms with Gasteiger partial charge in [-0.05, 0) is 12.1 Å². The number of aliphatic imine (C=N–C) groups is 1. The molecule has 2 aromatic heterocycles. The number of rotatable bonds is 5. The predicted molar refractivity (Wildman–Crippen MR) is 90.8 cm³/mol. The third-order valence-electron chi connectivity index (χ3n) is 2.50. The van der Waals surface area contributed by atoms with Crippen molar-refractivity contribution in [1.29, 1.82) is 0 Å². The number of hydrogen-bond acceptors (Lipinski definition) is 7. The van der Waals surface area contributed by atoms with Crippen LogP contribution in [0.2, 0.25) is 0 Å². The van der Waals surface area contributed by atoms with E-state index in [0.717, 1.165) is 6.21 Å². The molecule has 0 saturated carbocycles. The first-order chi connectivity index (χ1) is 10.8. The van der Waals surface area contributed by atoms with Gasteiger partial charge >= 0.3 is 10.2 Å². The Morgan fingerprint density at radius 1 is 1.35 bits per heavy atom. The number of nitrogen functional groups attached to an aromatic ring is 1. The summed E-state index contributed by atoms with van der Waals surface area (Å²) >= 11 is 1.20. The molecule has 7 N–H and O–H groups in total. The molecule has 23 heavy (non-hydrogen) atoms. The Hall–Kier alpha value is -2.57. The summed E-state index contributed by atoms with van der Waals surface area (Å²) in [5, 5.41) is 2.02. The molecule has 0 aliphatic rings. The fraction of sp³-hybridized carbons (Fsp3) is 0.0909. The Labute approximate surface area is 136 Å². The van der Waals surface area contributed by atoms with Crippen LogP contribution in [-0.2, 0) is 10.2 Å². The Bertz CT molecular complexity index is 868. The van der Waals surface area contributed by atoms with E-state index in [9.17, 15) is 8.42 Å². The van der Waals surface area contributed by atoms with Crippen LogP contribution in [0, 0.1) is 0 Å². The maximum Gasteiger partial charge on any atom is 0.319 e. The van der Waals surface area contributed by atoms with E-state index in [4.69, 9.17) is 17.2 Å². The molecule has 10 nitrogen and oxygen atoms in total. The molecular formula is C11H14N8O2S2. The SMILES string of the molecule is CNS(=O)(=O)N=Cc1ccc(N)nc1-c1csc(N=C(N)N)n1. The second-order valence-electron chi connectivity index (χ2n) is 4.14. The molecule has 0 radical (unpaired) electrons. The number of pyridine rings is 1. The van der Waals surface area contributed by atoms with Crippen LogP contribution >= 0.6 is 11.3 Å². The topological polar surface area (TPSA) is 175 Å². The molecule has 0 atom stereocenters. The summed E-state index contributed by atoms with van der Waals surface area (Å²) in [6.07, 6.45) is 1.16. The molecule has 0 aliphatic heterocycles. The molecule has 2 heterocycles. The summed E-state index contributed by atoms with van der Waals surface area (Å²) in [5.74, 6) is 0.137. The molecule has 0 aliphatic carbocycles. The van der Waals surface area contributed by atoms with Crippen LogP contribution in [0.1, 0.15) is 5.56 Å². The summed E-state index contributed by atoms with van der Waals surface area (Å²) in [5.41, 5.74) is 17.5. The fourth-order valence-corrected chi connectivity index (χ4v) is 2.56. The van der Waals surface area contributed by atoms with E-state index in [1.807, 2.05) is 0 Å². The fourth-order valence-electron chi connectivity index (χ4n) is 1.51. The Morgan fingerprint density at radius 3 is 2.74 bits per heavy atom. The van der Waals surface area contributed by atoms with Gasteiger partial charge in [-0.3, -0.25) is 0 Å². The zero-order chi connectivity index (χ0) is 17.0. The van der Waals surface area contributed by atoms with Gasteiger partial charge in [-0.15, -0.1) is 11.3 Å². The van der Waals surface area contributed by atoms with Crippen molar-refractivity contribution in [1.82, 2.24) is 14.7 Å². The minimum Gasteiger partial charge on any atom is -0.384 e. The van der Waals surface area contributed by atoms with Gasteiger partial charge in [0, 0.05) is 18.0 Å². The van der Waals surface area contributed by atoms with Crippen molar-refractivity contribution in [2.24, 2.45) is 20.9 Å². The van der Waals surface area contributed by atoms with E-state index in [1.54, 1.807) is 11.4 Å². The number of anilines is 1. The molecule has 0 unspecified atom stereocenters. The van der Waals surface area contributed by atoms with Crippen LogP contribution in [0.5, 0.6) is 0 Å². The van der Waals surface area contributed by atoms with Crippen molar-refractivity contribution in [2.75, 3.05) is 12.8 Å². The standard InChI is InChI=1S/C11H14N8O2S2/c1-15-23(20,21)16-4-6-2-3-8(12)18-9(6)7-5-22-11(17-7)19-10(13)14/h2-5,15H,1H3,(H2,12,18)(H4,13,14,17,19). The van der Waals surface area contributed by atoms with Gasteiger partial charge in [-0.2, -0.15) is 22.5 Å². The molecular weight excluding hydrogens is 340 g/mol. The first kappa shape index (κ1) is 16.8. The van der Waals surface area contributed by atoms with Crippen molar-refractivity contribution in [3.63, 3.8) is 0 Å². The number of nitrogens with two attached hydrogens (primary N) is 3. The monoisotopic (exact) mass is 354 g/mol. The second kappa shape index (κ2) is 6.68. The van der Waals surface area contributed by atoms with Crippen molar-refractivity contribution >= 4 is 44.7 Å². The van der Waals surface area contributed by atoms with E-state index in [0.29, 0.717) is 22.1 Å². The lowest BCUT2D eigenvalue weighted by molar-refractivity contribution is 0.590. The average molecular weight is 354 g/mol. The normalized spacial score (nSPS) is 11.7. The Morgan fingerprint density at radius 2 is 2.09 bits per heavy atom. The lowest BCUT2D eigenvalue weighted by Crippen LogP contribution is -2.21. The zero-order valence-electron chi connectivity index (χ0n) is 12.0. The summed E-state index contributed by atoms with van der Waals surface area (Å²) in [6, 6.07) is 3.12. The smallest absolute Gasteiger partial charge is 0.319 e. The molecule has 0 saturated heterocycles. The molecule has 0 aromatic carbocycles. The second-order valence-corrected chi connectivity index (χ2v) is 6.55. The van der Waals surface area contributed by atoms with E-state index in [1.165, 1.54) is 24.5 Å². The quantitative estimate of drug-likeness (QED) is 0.416. The molecule has 0 amide bonds. The van der Waals surface area contributed by atoms with Crippen molar-refractivity contribution in [2.45, 2.75) is 0 Å². The molecule has 12 heteroatoms. The first-order valence-electron chi connectivity index (χ1n) is 6.11. The van der Waals surface area contributed by atoms with Gasteiger partial charge < -0.3 is 17.2 Å². The van der Waals surface area contributed by atoms with E-state index in [-0.39, 0.29) is 11.8 Å². The zero-order valence-corrected chi connectivity index (χ0v) is 13.6. The van der Waals surface area contributed by atoms with Crippen molar-refractivity contribution in [3.05, 3.63) is 23.1 Å². The summed E-state index contributed by atoms with van der Waals surface area (Å²) in [6.45, 7) is 0. The van der Waals surface area contributed by atoms with E-state index < -0.39 is 10.2 Å². The maximum atomic E-state index is 11.4. The average Bonchev–Trinajstić information content (AvgIpc) is 2.93. The van der Waals surface area contributed by atoms with Crippen LogP contribution in [-0.4, -0.2) is 37.6 Å². The number of guanidine groups is 1. The minimum absolute atomic E-state index is 0.117. The minimum atomic E-state index is -3.75. The van der Waals surface area contributed by atoms with Crippen LogP contribution in [0.15, 0.2) is 26.9 Å². The molecule has 2 aromatic rings. The number of nitrogens with zero attached hydrogens (tertiary/aromatic N) is 4. The van der Waals surface area contributed by atoms with E-state index >= 15 is 0 Å². The molecule has 0 bridgehead atoms. The Kier molecular flexibility index (Phi) is 4.88. The van der Waals surface area contributed by atoms with Gasteiger partial charge in [0.1, 0.15) is 17.2 Å². The van der Waals surface area contributed by atoms with Crippen LogP contribution in [0.4, 0.5) is 10.9 Å². The van der Waals surface area contributed by atoms with Crippen molar-refractivity contribution in [3.8, 4) is 11.4 Å². The van der Waals surface area contributed by atoms with Gasteiger partial charge in [-0.25, -0.2) is 9.97 Å². The molecule has 0 fully saturated rings. The molecule has 0 spiro atoms. The summed E-state index contributed by atoms with van der Waals surface area (Å²) in [7, 11) is -2.49. The number of aromatic nitrogens is 2. The summed E-state index contributed by atoms with van der Waals surface area (Å²) in [4.78, 5) is 12.2. The maximum absolute atomic E-state index is 11.4. The van der Waals surface area contributed by atoms with Gasteiger partial charge in [-0.1, -0.05) is 0 Å². The van der Waals surface area contributed by atoms with Gasteiger partial charge in [0.15, 0.2) is 5.96 Å². The van der Waals surface area contributed by atoms with E-state index in [2.05, 4.69) is 24.1 Å². The van der Waals surface area contributed by atoms with Gasteiger partial charge in [0.2, 0.25) is 5.13 Å². The van der Waals surface area contributed by atoms with Crippen LogP contribution in [0.25, 0.3) is 11.4 Å². The first-order valence-corrected chi connectivity index (χ1v) is 8.43. The lowest BCUT2D eigenvalue weighted by Gasteiger charge is -2.03. The largest absolute Gasteiger partial charge is 0.384 e. The van der Waals surface area contributed by atoms with Gasteiger partial charge in [0.05, 0.1) is 6.21 Å². The highest BCUT2D eigenvalue weighted by molar-refractivity contribution is 7.88. The number of hydrogen-bond donors (Lipinski definition) is 4.